The number of pyridine rings is 1. The van der Waals surface area contributed by atoms with Gasteiger partial charge in [0.2, 0.25) is 0 Å². The lowest BCUT2D eigenvalue weighted by molar-refractivity contribution is 0.0698. The van der Waals surface area contributed by atoms with Crippen LogP contribution in [0.25, 0.3) is 0 Å². The fraction of sp³-hybridized carbons (Fsp3) is 0. The van der Waals surface area contributed by atoms with E-state index in [0.717, 1.165) is 0 Å². The van der Waals surface area contributed by atoms with Crippen molar-refractivity contribution < 1.29 is 14.7 Å². The molecule has 0 aliphatic heterocycles. The number of aromatic carboxylic acids is 1. The average molecular weight is 346 g/mol. The Bertz CT molecular complexity index is 751. The molecule has 104 valence electrons. The molecule has 2 aromatic rings. The van der Waals surface area contributed by atoms with Crippen molar-refractivity contribution in [3.05, 3.63) is 57.8 Å². The van der Waals surface area contributed by atoms with Gasteiger partial charge in [0.25, 0.3) is 5.91 Å². The van der Waals surface area contributed by atoms with E-state index in [-0.39, 0.29) is 16.9 Å². The number of hydrogen-bond acceptors (Lipinski definition) is 4. The highest BCUT2D eigenvalue weighted by molar-refractivity contribution is 9.10. The van der Waals surface area contributed by atoms with E-state index in [4.69, 9.17) is 10.4 Å². The highest BCUT2D eigenvalue weighted by Gasteiger charge is 2.14. The first-order chi connectivity index (χ1) is 10.0. The molecule has 2 rings (SSSR count). The number of carboxylic acids is 1. The number of rotatable bonds is 3. The molecule has 0 atom stereocenters. The van der Waals surface area contributed by atoms with Crippen LogP contribution in [0.1, 0.15) is 26.4 Å². The molecule has 1 aromatic carbocycles. The van der Waals surface area contributed by atoms with E-state index >= 15 is 0 Å². The molecule has 6 nitrogen and oxygen atoms in total. The molecule has 2 N–H and O–H groups in total. The van der Waals surface area contributed by atoms with Crippen LogP contribution < -0.4 is 5.32 Å². The zero-order valence-electron chi connectivity index (χ0n) is 10.5. The lowest BCUT2D eigenvalue weighted by Crippen LogP contribution is -2.16. The van der Waals surface area contributed by atoms with E-state index < -0.39 is 11.9 Å². The topological polar surface area (TPSA) is 103 Å². The Morgan fingerprint density at radius 1 is 1.29 bits per heavy atom. The molecule has 1 amide bonds. The van der Waals surface area contributed by atoms with Crippen molar-refractivity contribution in [3.63, 3.8) is 0 Å². The third-order valence-corrected chi connectivity index (χ3v) is 3.08. The summed E-state index contributed by atoms with van der Waals surface area (Å²) < 4.78 is 0.635. The fourth-order valence-electron chi connectivity index (χ4n) is 1.59. The SMILES string of the molecule is N#Cc1ccc(C(=O)Nc2cc(Br)ccc2C(=O)O)nc1. The summed E-state index contributed by atoms with van der Waals surface area (Å²) in [6, 6.07) is 9.19. The van der Waals surface area contributed by atoms with Crippen LogP contribution in [0.4, 0.5) is 5.69 Å². The van der Waals surface area contributed by atoms with Crippen LogP contribution in [-0.2, 0) is 0 Å². The smallest absolute Gasteiger partial charge is 0.337 e. The van der Waals surface area contributed by atoms with Crippen LogP contribution in [0.15, 0.2) is 41.0 Å². The second-order valence-electron chi connectivity index (χ2n) is 3.99. The van der Waals surface area contributed by atoms with Gasteiger partial charge in [-0.2, -0.15) is 5.26 Å². The van der Waals surface area contributed by atoms with Crippen LogP contribution in [0.2, 0.25) is 0 Å². The number of carbonyl (C=O) groups is 2. The average Bonchev–Trinajstić information content (AvgIpc) is 2.47. The van der Waals surface area contributed by atoms with Gasteiger partial charge in [-0.3, -0.25) is 4.79 Å². The Kier molecular flexibility index (Phi) is 4.30. The zero-order chi connectivity index (χ0) is 15.4. The van der Waals surface area contributed by atoms with E-state index in [1.807, 2.05) is 6.07 Å². The van der Waals surface area contributed by atoms with Crippen LogP contribution in [0, 0.1) is 11.3 Å². The standard InChI is InChI=1S/C14H8BrN3O3/c15-9-2-3-10(14(20)21)12(5-9)18-13(19)11-4-1-8(6-16)7-17-11/h1-5,7H,(H,18,19)(H,20,21). The second-order valence-corrected chi connectivity index (χ2v) is 4.91. The van der Waals surface area contributed by atoms with Gasteiger partial charge in [0.15, 0.2) is 0 Å². The fourth-order valence-corrected chi connectivity index (χ4v) is 1.95. The molecule has 0 aliphatic carbocycles. The molecule has 0 spiro atoms. The summed E-state index contributed by atoms with van der Waals surface area (Å²) in [7, 11) is 0. The summed E-state index contributed by atoms with van der Waals surface area (Å²) in [6.45, 7) is 0. The van der Waals surface area contributed by atoms with Gasteiger partial charge >= 0.3 is 5.97 Å². The van der Waals surface area contributed by atoms with Gasteiger partial charge in [-0.25, -0.2) is 9.78 Å². The summed E-state index contributed by atoms with van der Waals surface area (Å²) in [4.78, 5) is 27.0. The number of carboxylic acid groups (broad SMARTS) is 1. The van der Waals surface area contributed by atoms with Crippen molar-refractivity contribution in [2.75, 3.05) is 5.32 Å². The molecule has 7 heteroatoms. The predicted molar refractivity (Wildman–Crippen MR) is 78.0 cm³/mol. The highest BCUT2D eigenvalue weighted by atomic mass is 79.9. The molecule has 1 aromatic heterocycles. The minimum Gasteiger partial charge on any atom is -0.478 e. The molecule has 0 saturated heterocycles. The number of nitrogens with zero attached hydrogens (tertiary/aromatic N) is 2. The largest absolute Gasteiger partial charge is 0.478 e. The van der Waals surface area contributed by atoms with Crippen molar-refractivity contribution in [1.82, 2.24) is 4.98 Å². The summed E-state index contributed by atoms with van der Waals surface area (Å²) in [5.74, 6) is -1.70. The van der Waals surface area contributed by atoms with Crippen LogP contribution in [0.5, 0.6) is 0 Å². The summed E-state index contributed by atoms with van der Waals surface area (Å²) >= 11 is 3.21. The first-order valence-corrected chi connectivity index (χ1v) is 6.51. The number of hydrogen-bond donors (Lipinski definition) is 2. The first-order valence-electron chi connectivity index (χ1n) is 5.71. The van der Waals surface area contributed by atoms with E-state index in [1.54, 1.807) is 6.07 Å². The van der Waals surface area contributed by atoms with Crippen molar-refractivity contribution >= 4 is 33.5 Å². The molecule has 0 bridgehead atoms. The minimum absolute atomic E-state index is 0.0276. The van der Waals surface area contributed by atoms with Crippen molar-refractivity contribution in [2.45, 2.75) is 0 Å². The molecular weight excluding hydrogens is 338 g/mol. The molecule has 21 heavy (non-hydrogen) atoms. The Balaban J connectivity index is 2.28. The zero-order valence-corrected chi connectivity index (χ0v) is 12.1. The van der Waals surface area contributed by atoms with Crippen molar-refractivity contribution in [3.8, 4) is 6.07 Å². The second kappa shape index (κ2) is 6.15. The van der Waals surface area contributed by atoms with Crippen molar-refractivity contribution in [1.29, 1.82) is 5.26 Å². The Hall–Kier alpha value is -2.72. The predicted octanol–water partition coefficient (Wildman–Crippen LogP) is 2.67. The number of carbonyl (C=O) groups excluding carboxylic acids is 1. The number of aromatic nitrogens is 1. The normalized spacial score (nSPS) is 9.71. The van der Waals surface area contributed by atoms with Gasteiger partial charge in [0.05, 0.1) is 16.8 Å². The van der Waals surface area contributed by atoms with Gasteiger partial charge in [-0.05, 0) is 30.3 Å². The van der Waals surface area contributed by atoms with Gasteiger partial charge in [-0.1, -0.05) is 15.9 Å². The van der Waals surface area contributed by atoms with Crippen LogP contribution in [0.3, 0.4) is 0 Å². The molecule has 0 radical (unpaired) electrons. The monoisotopic (exact) mass is 345 g/mol. The van der Waals surface area contributed by atoms with E-state index in [1.165, 1.54) is 30.5 Å². The maximum atomic E-state index is 12.0. The summed E-state index contributed by atoms with van der Waals surface area (Å²) in [5, 5.41) is 20.3. The summed E-state index contributed by atoms with van der Waals surface area (Å²) in [5.41, 5.74) is 0.554. The van der Waals surface area contributed by atoms with Crippen LogP contribution in [-0.4, -0.2) is 22.0 Å². The molecule has 0 fully saturated rings. The first kappa shape index (κ1) is 14.7. The number of halogens is 1. The lowest BCUT2D eigenvalue weighted by Gasteiger charge is -2.08. The number of nitriles is 1. The van der Waals surface area contributed by atoms with Gasteiger partial charge < -0.3 is 10.4 Å². The minimum atomic E-state index is -1.15. The Labute approximate surface area is 128 Å². The van der Waals surface area contributed by atoms with Gasteiger partial charge in [-0.15, -0.1) is 0 Å². The number of benzene rings is 1. The van der Waals surface area contributed by atoms with Crippen molar-refractivity contribution in [2.24, 2.45) is 0 Å². The highest BCUT2D eigenvalue weighted by Crippen LogP contribution is 2.22. The van der Waals surface area contributed by atoms with Gasteiger partial charge in [0, 0.05) is 10.7 Å². The number of amides is 1. The van der Waals surface area contributed by atoms with E-state index in [0.29, 0.717) is 10.0 Å². The third-order valence-electron chi connectivity index (χ3n) is 2.59. The van der Waals surface area contributed by atoms with Gasteiger partial charge in [0.1, 0.15) is 11.8 Å². The van der Waals surface area contributed by atoms with E-state index in [2.05, 4.69) is 26.2 Å². The molecule has 0 saturated carbocycles. The molecule has 1 heterocycles. The number of nitrogens with one attached hydrogen (secondary N) is 1. The maximum Gasteiger partial charge on any atom is 0.337 e. The number of anilines is 1. The Morgan fingerprint density at radius 2 is 2.05 bits per heavy atom. The summed E-state index contributed by atoms with van der Waals surface area (Å²) in [6.07, 6.45) is 1.27. The van der Waals surface area contributed by atoms with Crippen LogP contribution >= 0.6 is 15.9 Å². The molecule has 0 aliphatic rings. The van der Waals surface area contributed by atoms with E-state index in [9.17, 15) is 9.59 Å². The third kappa shape index (κ3) is 3.43. The quantitative estimate of drug-likeness (QED) is 0.889. The lowest BCUT2D eigenvalue weighted by atomic mass is 10.1. The Morgan fingerprint density at radius 3 is 2.62 bits per heavy atom. The maximum absolute atomic E-state index is 12.0. The molecular formula is C14H8BrN3O3. The molecule has 0 unspecified atom stereocenters.